The van der Waals surface area contributed by atoms with Crippen molar-refractivity contribution in [1.82, 2.24) is 4.90 Å². The van der Waals surface area contributed by atoms with Crippen molar-refractivity contribution in [2.24, 2.45) is 5.41 Å². The fourth-order valence-corrected chi connectivity index (χ4v) is 1.57. The summed E-state index contributed by atoms with van der Waals surface area (Å²) >= 11 is 0. The Balaban J connectivity index is 2.37. The van der Waals surface area contributed by atoms with Crippen molar-refractivity contribution < 1.29 is 13.9 Å². The average molecular weight is 267 g/mol. The zero-order valence-electron chi connectivity index (χ0n) is 12.1. The molecular formula is C15H22FNO2. The van der Waals surface area contributed by atoms with Gasteiger partial charge in [-0.1, -0.05) is 32.9 Å². The molecule has 1 rings (SSSR count). The first kappa shape index (κ1) is 15.5. The van der Waals surface area contributed by atoms with E-state index in [4.69, 9.17) is 4.74 Å². The Labute approximate surface area is 114 Å². The number of carbonyl (C=O) groups is 1. The zero-order valence-corrected chi connectivity index (χ0v) is 12.1. The first-order chi connectivity index (χ1) is 8.79. The number of likely N-dealkylation sites (N-methyl/N-ethyl adjacent to an activating group) is 1. The molecule has 0 unspecified atom stereocenters. The van der Waals surface area contributed by atoms with Gasteiger partial charge in [0.15, 0.2) is 11.6 Å². The van der Waals surface area contributed by atoms with E-state index in [9.17, 15) is 9.18 Å². The monoisotopic (exact) mass is 267 g/mol. The van der Waals surface area contributed by atoms with Gasteiger partial charge in [0.05, 0.1) is 6.54 Å². The summed E-state index contributed by atoms with van der Waals surface area (Å²) in [7, 11) is 1.73. The molecule has 0 N–H and O–H groups in total. The maximum absolute atomic E-state index is 13.3. The van der Waals surface area contributed by atoms with Crippen LogP contribution < -0.4 is 4.74 Å². The van der Waals surface area contributed by atoms with Gasteiger partial charge in [0.2, 0.25) is 5.91 Å². The van der Waals surface area contributed by atoms with E-state index in [0.29, 0.717) is 13.0 Å². The molecule has 4 heteroatoms. The summed E-state index contributed by atoms with van der Waals surface area (Å²) in [6.07, 6.45) is 0.489. The maximum atomic E-state index is 13.3. The van der Waals surface area contributed by atoms with Crippen molar-refractivity contribution in [3.8, 4) is 5.75 Å². The highest BCUT2D eigenvalue weighted by atomic mass is 19.1. The lowest BCUT2D eigenvalue weighted by molar-refractivity contribution is -0.132. The molecule has 0 fully saturated rings. The van der Waals surface area contributed by atoms with Crippen LogP contribution in [-0.4, -0.2) is 31.0 Å². The number of hydrogen-bond donors (Lipinski definition) is 0. The van der Waals surface area contributed by atoms with Crippen LogP contribution in [0, 0.1) is 11.2 Å². The predicted molar refractivity (Wildman–Crippen MR) is 73.6 cm³/mol. The SMILES string of the molecule is CN(CCOc1ccccc1F)C(=O)CC(C)(C)C. The zero-order chi connectivity index (χ0) is 14.5. The third-order valence-corrected chi connectivity index (χ3v) is 2.63. The minimum absolute atomic E-state index is 0.0300. The van der Waals surface area contributed by atoms with Gasteiger partial charge < -0.3 is 9.64 Å². The highest BCUT2D eigenvalue weighted by molar-refractivity contribution is 5.76. The summed E-state index contributed by atoms with van der Waals surface area (Å²) in [5.41, 5.74) is -0.0300. The van der Waals surface area contributed by atoms with Gasteiger partial charge in [0, 0.05) is 13.5 Å². The highest BCUT2D eigenvalue weighted by Gasteiger charge is 2.18. The third kappa shape index (κ3) is 5.73. The van der Waals surface area contributed by atoms with Crippen LogP contribution in [0.15, 0.2) is 24.3 Å². The van der Waals surface area contributed by atoms with Crippen molar-refractivity contribution in [2.75, 3.05) is 20.2 Å². The van der Waals surface area contributed by atoms with Crippen molar-refractivity contribution in [3.63, 3.8) is 0 Å². The number of halogens is 1. The molecule has 0 heterocycles. The number of amides is 1. The molecule has 0 aliphatic heterocycles. The number of hydrogen-bond acceptors (Lipinski definition) is 2. The van der Waals surface area contributed by atoms with Crippen molar-refractivity contribution in [3.05, 3.63) is 30.1 Å². The van der Waals surface area contributed by atoms with Crippen molar-refractivity contribution in [2.45, 2.75) is 27.2 Å². The summed E-state index contributed by atoms with van der Waals surface area (Å²) in [5.74, 6) is -0.0880. The fourth-order valence-electron chi connectivity index (χ4n) is 1.57. The van der Waals surface area contributed by atoms with Crippen LogP contribution in [-0.2, 0) is 4.79 Å². The van der Waals surface area contributed by atoms with E-state index in [1.54, 1.807) is 30.1 Å². The molecule has 0 atom stereocenters. The Hall–Kier alpha value is -1.58. The molecule has 0 saturated heterocycles. The molecule has 19 heavy (non-hydrogen) atoms. The number of rotatable bonds is 5. The molecule has 1 aromatic carbocycles. The lowest BCUT2D eigenvalue weighted by Crippen LogP contribution is -2.33. The third-order valence-electron chi connectivity index (χ3n) is 2.63. The fraction of sp³-hybridized carbons (Fsp3) is 0.533. The Morgan fingerprint density at radius 3 is 2.53 bits per heavy atom. The summed E-state index contributed by atoms with van der Waals surface area (Å²) in [6.45, 7) is 6.80. The lowest BCUT2D eigenvalue weighted by Gasteiger charge is -2.23. The van der Waals surface area contributed by atoms with E-state index in [0.717, 1.165) is 0 Å². The van der Waals surface area contributed by atoms with Crippen LogP contribution in [0.3, 0.4) is 0 Å². The van der Waals surface area contributed by atoms with Gasteiger partial charge in [0.25, 0.3) is 0 Å². The summed E-state index contributed by atoms with van der Waals surface area (Å²) < 4.78 is 18.6. The van der Waals surface area contributed by atoms with Crippen LogP contribution in [0.1, 0.15) is 27.2 Å². The molecule has 0 spiro atoms. The second-order valence-corrected chi connectivity index (χ2v) is 5.83. The molecule has 1 aromatic rings. The molecule has 0 aromatic heterocycles. The number of nitrogens with zero attached hydrogens (tertiary/aromatic N) is 1. The quantitative estimate of drug-likeness (QED) is 0.820. The molecule has 3 nitrogen and oxygen atoms in total. The van der Waals surface area contributed by atoms with E-state index in [1.165, 1.54) is 6.07 Å². The van der Waals surface area contributed by atoms with Crippen molar-refractivity contribution in [1.29, 1.82) is 0 Å². The molecule has 0 aliphatic carbocycles. The molecule has 0 saturated carbocycles. The highest BCUT2D eigenvalue weighted by Crippen LogP contribution is 2.19. The summed E-state index contributed by atoms with van der Waals surface area (Å²) in [6, 6.07) is 6.25. The summed E-state index contributed by atoms with van der Waals surface area (Å²) in [4.78, 5) is 13.5. The molecular weight excluding hydrogens is 245 g/mol. The van der Waals surface area contributed by atoms with E-state index in [2.05, 4.69) is 0 Å². The Morgan fingerprint density at radius 2 is 1.95 bits per heavy atom. The van der Waals surface area contributed by atoms with Crippen LogP contribution >= 0.6 is 0 Å². The van der Waals surface area contributed by atoms with Crippen molar-refractivity contribution >= 4 is 5.91 Å². The van der Waals surface area contributed by atoms with E-state index < -0.39 is 0 Å². The number of benzene rings is 1. The molecule has 106 valence electrons. The number of para-hydroxylation sites is 1. The van der Waals surface area contributed by atoms with Gasteiger partial charge >= 0.3 is 0 Å². The van der Waals surface area contributed by atoms with Gasteiger partial charge in [-0.25, -0.2) is 4.39 Å². The lowest BCUT2D eigenvalue weighted by atomic mass is 9.92. The van der Waals surface area contributed by atoms with E-state index >= 15 is 0 Å². The largest absolute Gasteiger partial charge is 0.489 e. The molecule has 0 radical (unpaired) electrons. The normalized spacial score (nSPS) is 11.2. The minimum Gasteiger partial charge on any atom is -0.489 e. The second kappa shape index (κ2) is 6.55. The van der Waals surface area contributed by atoms with Crippen LogP contribution in [0.2, 0.25) is 0 Å². The molecule has 0 bridgehead atoms. The molecule has 0 aliphatic rings. The van der Waals surface area contributed by atoms with E-state index in [-0.39, 0.29) is 29.5 Å². The van der Waals surface area contributed by atoms with Crippen LogP contribution in [0.25, 0.3) is 0 Å². The van der Waals surface area contributed by atoms with Crippen LogP contribution in [0.4, 0.5) is 4.39 Å². The summed E-state index contributed by atoms with van der Waals surface area (Å²) in [5, 5.41) is 0. The van der Waals surface area contributed by atoms with Gasteiger partial charge in [0.1, 0.15) is 6.61 Å². The average Bonchev–Trinajstić information content (AvgIpc) is 2.29. The minimum atomic E-state index is -0.383. The first-order valence-corrected chi connectivity index (χ1v) is 6.41. The standard InChI is InChI=1S/C15H22FNO2/c1-15(2,3)11-14(18)17(4)9-10-19-13-8-6-5-7-12(13)16/h5-8H,9-11H2,1-4H3. The number of ether oxygens (including phenoxy) is 1. The van der Waals surface area contributed by atoms with E-state index in [1.807, 2.05) is 20.8 Å². The number of carbonyl (C=O) groups excluding carboxylic acids is 1. The predicted octanol–water partition coefficient (Wildman–Crippen LogP) is 3.10. The topological polar surface area (TPSA) is 29.5 Å². The van der Waals surface area contributed by atoms with Gasteiger partial charge in [-0.05, 0) is 17.5 Å². The first-order valence-electron chi connectivity index (χ1n) is 6.41. The van der Waals surface area contributed by atoms with Gasteiger partial charge in [-0.3, -0.25) is 4.79 Å². The Bertz CT molecular complexity index is 426. The Kier molecular flexibility index (Phi) is 5.33. The maximum Gasteiger partial charge on any atom is 0.222 e. The molecule has 1 amide bonds. The van der Waals surface area contributed by atoms with Gasteiger partial charge in [-0.2, -0.15) is 0 Å². The Morgan fingerprint density at radius 1 is 1.32 bits per heavy atom. The van der Waals surface area contributed by atoms with Crippen LogP contribution in [0.5, 0.6) is 5.75 Å². The smallest absolute Gasteiger partial charge is 0.222 e. The van der Waals surface area contributed by atoms with Gasteiger partial charge in [-0.15, -0.1) is 0 Å². The second-order valence-electron chi connectivity index (χ2n) is 5.83.